The van der Waals surface area contributed by atoms with Crippen LogP contribution in [0.25, 0.3) is 0 Å². The minimum absolute atomic E-state index is 0.0451. The van der Waals surface area contributed by atoms with Crippen LogP contribution >= 0.6 is 0 Å². The van der Waals surface area contributed by atoms with Gasteiger partial charge in [-0.25, -0.2) is 0 Å². The smallest absolute Gasteiger partial charge is 0.189 e. The molecule has 1 saturated carbocycles. The molecule has 1 unspecified atom stereocenters. The van der Waals surface area contributed by atoms with Gasteiger partial charge in [0.25, 0.3) is 0 Å². The molecule has 0 heterocycles. The quantitative estimate of drug-likeness (QED) is 0.424. The van der Waals surface area contributed by atoms with Gasteiger partial charge in [0.05, 0.1) is 0 Å². The van der Waals surface area contributed by atoms with Crippen LogP contribution in [0.5, 0.6) is 0 Å². The van der Waals surface area contributed by atoms with Crippen molar-refractivity contribution in [1.29, 1.82) is 0 Å². The van der Waals surface area contributed by atoms with Gasteiger partial charge in [-0.2, -0.15) is 0 Å². The lowest BCUT2D eigenvalue weighted by Gasteiger charge is -2.41. The Balaban J connectivity index is 2.58. The molecule has 0 aliphatic heterocycles. The molecule has 0 aromatic carbocycles. The van der Waals surface area contributed by atoms with Crippen LogP contribution in [0.2, 0.25) is 0 Å². The van der Waals surface area contributed by atoms with Crippen LogP contribution in [0.15, 0.2) is 11.6 Å². The van der Waals surface area contributed by atoms with Crippen molar-refractivity contribution in [2.45, 2.75) is 39.4 Å². The van der Waals surface area contributed by atoms with E-state index >= 15 is 0 Å². The van der Waals surface area contributed by atoms with Crippen LogP contribution in [0, 0.1) is 10.8 Å². The zero-order valence-corrected chi connectivity index (χ0v) is 7.89. The van der Waals surface area contributed by atoms with Crippen LogP contribution in [0.3, 0.4) is 0 Å². The first-order chi connectivity index (χ1) is 5.31. The molecule has 2 bridgehead atoms. The van der Waals surface area contributed by atoms with E-state index in [2.05, 4.69) is 13.8 Å². The summed E-state index contributed by atoms with van der Waals surface area (Å²) in [6.45, 7) is 6.16. The molecule has 12 heavy (non-hydrogen) atoms. The SMILES string of the molecule is CC1(C)C2=CC(O)(O)C1(C)CC2. The lowest BCUT2D eigenvalue weighted by Crippen LogP contribution is -2.47. The number of rotatable bonds is 0. The third kappa shape index (κ3) is 0.603. The molecule has 0 aromatic rings. The van der Waals surface area contributed by atoms with Crippen molar-refractivity contribution in [3.05, 3.63) is 11.6 Å². The van der Waals surface area contributed by atoms with Gasteiger partial charge in [0.1, 0.15) is 0 Å². The van der Waals surface area contributed by atoms with Gasteiger partial charge in [-0.15, -0.1) is 0 Å². The van der Waals surface area contributed by atoms with Gasteiger partial charge in [0.2, 0.25) is 0 Å². The van der Waals surface area contributed by atoms with Crippen LogP contribution in [-0.4, -0.2) is 16.0 Å². The molecule has 2 nitrogen and oxygen atoms in total. The highest BCUT2D eigenvalue weighted by molar-refractivity contribution is 5.36. The van der Waals surface area contributed by atoms with E-state index in [0.29, 0.717) is 0 Å². The first-order valence-corrected chi connectivity index (χ1v) is 4.48. The van der Waals surface area contributed by atoms with Gasteiger partial charge in [-0.05, 0) is 24.3 Å². The molecule has 1 atom stereocenters. The molecule has 2 rings (SSSR count). The molecule has 0 amide bonds. The molecule has 2 N–H and O–H groups in total. The van der Waals surface area contributed by atoms with Crippen molar-refractivity contribution in [2.75, 3.05) is 0 Å². The number of fused-ring (bicyclic) bond motifs is 2. The highest BCUT2D eigenvalue weighted by Gasteiger charge is 2.63. The maximum absolute atomic E-state index is 9.76. The van der Waals surface area contributed by atoms with E-state index in [1.165, 1.54) is 5.57 Å². The van der Waals surface area contributed by atoms with E-state index in [1.807, 2.05) is 6.92 Å². The average molecular weight is 168 g/mol. The molecule has 2 heteroatoms. The van der Waals surface area contributed by atoms with Gasteiger partial charge >= 0.3 is 0 Å². The maximum Gasteiger partial charge on any atom is 0.189 e. The highest BCUT2D eigenvalue weighted by Crippen LogP contribution is 2.65. The van der Waals surface area contributed by atoms with Crippen LogP contribution in [0.1, 0.15) is 33.6 Å². The number of aliphatic hydroxyl groups is 2. The summed E-state index contributed by atoms with van der Waals surface area (Å²) in [5.41, 5.74) is 0.779. The Morgan fingerprint density at radius 2 is 1.83 bits per heavy atom. The molecule has 0 aromatic heterocycles. The summed E-state index contributed by atoms with van der Waals surface area (Å²) in [7, 11) is 0. The molecule has 0 radical (unpaired) electrons. The zero-order chi connectivity index (χ0) is 9.20. The first kappa shape index (κ1) is 8.27. The third-order valence-corrected chi connectivity index (χ3v) is 4.26. The summed E-state index contributed by atoms with van der Waals surface area (Å²) in [4.78, 5) is 0. The lowest BCUT2D eigenvalue weighted by atomic mass is 9.68. The van der Waals surface area contributed by atoms with E-state index < -0.39 is 5.79 Å². The van der Waals surface area contributed by atoms with Gasteiger partial charge in [0, 0.05) is 5.41 Å². The van der Waals surface area contributed by atoms with E-state index in [0.717, 1.165) is 12.8 Å². The van der Waals surface area contributed by atoms with E-state index in [9.17, 15) is 10.2 Å². The average Bonchev–Trinajstić information content (AvgIpc) is 2.18. The third-order valence-electron chi connectivity index (χ3n) is 4.26. The molecule has 68 valence electrons. The summed E-state index contributed by atoms with van der Waals surface area (Å²) < 4.78 is 0. The van der Waals surface area contributed by atoms with E-state index in [4.69, 9.17) is 0 Å². The molecule has 1 fully saturated rings. The summed E-state index contributed by atoms with van der Waals surface area (Å²) >= 11 is 0. The molecule has 0 saturated heterocycles. The Labute approximate surface area is 72.9 Å². The van der Waals surface area contributed by atoms with E-state index in [1.54, 1.807) is 6.08 Å². The van der Waals surface area contributed by atoms with Gasteiger partial charge in [-0.3, -0.25) is 0 Å². The molecular weight excluding hydrogens is 152 g/mol. The highest BCUT2D eigenvalue weighted by atomic mass is 16.5. The topological polar surface area (TPSA) is 40.5 Å². The number of hydrogen-bond acceptors (Lipinski definition) is 2. The fraction of sp³-hybridized carbons (Fsp3) is 0.800. The molecule has 2 aliphatic rings. The minimum atomic E-state index is -1.58. The van der Waals surface area contributed by atoms with Crippen molar-refractivity contribution in [3.8, 4) is 0 Å². The van der Waals surface area contributed by atoms with E-state index in [-0.39, 0.29) is 10.8 Å². The van der Waals surface area contributed by atoms with Gasteiger partial charge < -0.3 is 10.2 Å². The molecule has 0 spiro atoms. The Morgan fingerprint density at radius 3 is 2.00 bits per heavy atom. The lowest BCUT2D eigenvalue weighted by molar-refractivity contribution is -0.214. The predicted molar refractivity (Wildman–Crippen MR) is 46.4 cm³/mol. The van der Waals surface area contributed by atoms with Crippen LogP contribution < -0.4 is 0 Å². The second kappa shape index (κ2) is 1.78. The van der Waals surface area contributed by atoms with Crippen molar-refractivity contribution >= 4 is 0 Å². The van der Waals surface area contributed by atoms with Crippen LogP contribution in [-0.2, 0) is 0 Å². The Bertz CT molecular complexity index is 263. The minimum Gasteiger partial charge on any atom is -0.362 e. The number of hydrogen-bond donors (Lipinski definition) is 2. The maximum atomic E-state index is 9.76. The monoisotopic (exact) mass is 168 g/mol. The standard InChI is InChI=1S/C10H16O2/c1-8(2)7-4-5-9(8,3)10(11,12)6-7/h6,11-12H,4-5H2,1-3H3. The molecular formula is C10H16O2. The second-order valence-electron chi connectivity index (χ2n) is 4.85. The largest absolute Gasteiger partial charge is 0.362 e. The van der Waals surface area contributed by atoms with Crippen molar-refractivity contribution in [3.63, 3.8) is 0 Å². The van der Waals surface area contributed by atoms with Crippen molar-refractivity contribution < 1.29 is 10.2 Å². The summed E-state index contributed by atoms with van der Waals surface area (Å²) in [5, 5.41) is 19.5. The summed E-state index contributed by atoms with van der Waals surface area (Å²) in [6, 6.07) is 0. The Morgan fingerprint density at radius 1 is 1.25 bits per heavy atom. The van der Waals surface area contributed by atoms with Gasteiger partial charge in [0.15, 0.2) is 5.79 Å². The van der Waals surface area contributed by atoms with Crippen LogP contribution in [0.4, 0.5) is 0 Å². The fourth-order valence-corrected chi connectivity index (χ4v) is 2.66. The zero-order valence-electron chi connectivity index (χ0n) is 7.89. The van der Waals surface area contributed by atoms with Crippen molar-refractivity contribution in [1.82, 2.24) is 0 Å². The number of allylic oxidation sites excluding steroid dienone is 1. The summed E-state index contributed by atoms with van der Waals surface area (Å²) in [5.74, 6) is -1.58. The molecule has 2 aliphatic carbocycles. The van der Waals surface area contributed by atoms with Crippen molar-refractivity contribution in [2.24, 2.45) is 10.8 Å². The predicted octanol–water partition coefficient (Wildman–Crippen LogP) is 1.43. The Hall–Kier alpha value is -0.340. The first-order valence-electron chi connectivity index (χ1n) is 4.48. The normalized spacial score (nSPS) is 41.6. The second-order valence-corrected chi connectivity index (χ2v) is 4.85. The Kier molecular flexibility index (Phi) is 1.22. The summed E-state index contributed by atoms with van der Waals surface area (Å²) in [6.07, 6.45) is 3.54. The fourth-order valence-electron chi connectivity index (χ4n) is 2.66. The van der Waals surface area contributed by atoms with Gasteiger partial charge in [-0.1, -0.05) is 26.3 Å².